The van der Waals surface area contributed by atoms with E-state index in [0.717, 1.165) is 38.4 Å². The summed E-state index contributed by atoms with van der Waals surface area (Å²) in [5.41, 5.74) is 3.66. The highest BCUT2D eigenvalue weighted by atomic mass is 32.2. The number of aryl methyl sites for hydroxylation is 1. The summed E-state index contributed by atoms with van der Waals surface area (Å²) in [5, 5.41) is 2.00. The monoisotopic (exact) mass is 442 g/mol. The zero-order valence-corrected chi connectivity index (χ0v) is 18.9. The maximum Gasteiger partial charge on any atom is 0.342 e. The summed E-state index contributed by atoms with van der Waals surface area (Å²) in [6.07, 6.45) is 0. The molecule has 0 saturated carbocycles. The van der Waals surface area contributed by atoms with Crippen LogP contribution in [0.3, 0.4) is 0 Å². The van der Waals surface area contributed by atoms with E-state index in [1.54, 1.807) is 5.06 Å². The number of nitrogens with zero attached hydrogens (tertiary/aromatic N) is 2. The van der Waals surface area contributed by atoms with Crippen molar-refractivity contribution in [3.05, 3.63) is 48.0 Å². The van der Waals surface area contributed by atoms with Gasteiger partial charge in [0.15, 0.2) is 0 Å². The number of aromatic nitrogens is 1. The molecule has 0 N–H and O–H groups in total. The van der Waals surface area contributed by atoms with E-state index < -0.39 is 11.9 Å². The first-order valence-corrected chi connectivity index (χ1v) is 11.6. The lowest BCUT2D eigenvalue weighted by Gasteiger charge is -2.27. The van der Waals surface area contributed by atoms with E-state index in [1.165, 1.54) is 11.8 Å². The van der Waals surface area contributed by atoms with Gasteiger partial charge in [-0.2, -0.15) is 0 Å². The molecule has 2 heterocycles. The number of carbonyl (C=O) groups excluding carboxylic acids is 1. The Hall–Kier alpha value is -2.51. The van der Waals surface area contributed by atoms with E-state index in [2.05, 4.69) is 0 Å². The number of hydrogen-bond acceptors (Lipinski definition) is 5. The van der Waals surface area contributed by atoms with E-state index in [9.17, 15) is 9.18 Å². The lowest BCUT2D eigenvalue weighted by Crippen LogP contribution is -2.29. The van der Waals surface area contributed by atoms with Crippen molar-refractivity contribution in [3.8, 4) is 17.0 Å². The van der Waals surface area contributed by atoms with Gasteiger partial charge in [-0.1, -0.05) is 18.2 Å². The normalized spacial score (nSPS) is 15.1. The second-order valence-corrected chi connectivity index (χ2v) is 8.38. The number of halogens is 1. The first-order chi connectivity index (χ1) is 15.1. The molecule has 164 valence electrons. The van der Waals surface area contributed by atoms with E-state index in [0.29, 0.717) is 19.7 Å². The smallest absolute Gasteiger partial charge is 0.342 e. The van der Waals surface area contributed by atoms with Gasteiger partial charge in [0, 0.05) is 40.0 Å². The van der Waals surface area contributed by atoms with Crippen LogP contribution in [0.4, 0.5) is 4.39 Å². The number of alkyl halides is 1. The van der Waals surface area contributed by atoms with Crippen LogP contribution in [0.2, 0.25) is 0 Å². The SMILES string of the molecule is CCOc1ccc2c(c1)c1c(n2CCF)-c2ccccc2SC1C(=O)ON(CC)CC. The summed E-state index contributed by atoms with van der Waals surface area (Å²) in [4.78, 5) is 20.0. The van der Waals surface area contributed by atoms with Gasteiger partial charge in [-0.25, -0.2) is 9.18 Å². The van der Waals surface area contributed by atoms with Crippen molar-refractivity contribution in [3.63, 3.8) is 0 Å². The second kappa shape index (κ2) is 9.32. The number of thioether (sulfide) groups is 1. The summed E-state index contributed by atoms with van der Waals surface area (Å²) in [6.45, 7) is 7.33. The topological polar surface area (TPSA) is 43.7 Å². The fourth-order valence-electron chi connectivity index (χ4n) is 4.13. The maximum absolute atomic E-state index is 13.6. The summed E-state index contributed by atoms with van der Waals surface area (Å²) < 4.78 is 21.3. The van der Waals surface area contributed by atoms with Crippen molar-refractivity contribution in [1.82, 2.24) is 9.63 Å². The van der Waals surface area contributed by atoms with Gasteiger partial charge in [0.1, 0.15) is 17.7 Å². The van der Waals surface area contributed by atoms with Crippen molar-refractivity contribution in [2.24, 2.45) is 0 Å². The van der Waals surface area contributed by atoms with Crippen LogP contribution in [0, 0.1) is 0 Å². The molecule has 31 heavy (non-hydrogen) atoms. The van der Waals surface area contributed by atoms with E-state index >= 15 is 0 Å². The van der Waals surface area contributed by atoms with Crippen molar-refractivity contribution >= 4 is 28.6 Å². The number of fused-ring (bicyclic) bond motifs is 5. The second-order valence-electron chi connectivity index (χ2n) is 7.23. The summed E-state index contributed by atoms with van der Waals surface area (Å²) in [6, 6.07) is 13.8. The minimum Gasteiger partial charge on any atom is -0.494 e. The molecule has 1 aromatic heterocycles. The van der Waals surface area contributed by atoms with E-state index in [1.807, 2.05) is 67.8 Å². The predicted octanol–water partition coefficient (Wildman–Crippen LogP) is 5.62. The van der Waals surface area contributed by atoms with Gasteiger partial charge < -0.3 is 14.1 Å². The molecule has 0 fully saturated rings. The van der Waals surface area contributed by atoms with Crippen molar-refractivity contribution < 1.29 is 18.8 Å². The number of benzene rings is 2. The lowest BCUT2D eigenvalue weighted by molar-refractivity contribution is -0.188. The summed E-state index contributed by atoms with van der Waals surface area (Å²) in [7, 11) is 0. The zero-order chi connectivity index (χ0) is 22.0. The van der Waals surface area contributed by atoms with Crippen molar-refractivity contribution in [2.45, 2.75) is 37.5 Å². The summed E-state index contributed by atoms with van der Waals surface area (Å²) in [5.74, 6) is 0.417. The molecule has 2 aromatic carbocycles. The molecule has 1 atom stereocenters. The number of hydroxylamine groups is 2. The van der Waals surface area contributed by atoms with Gasteiger partial charge in [-0.15, -0.1) is 16.8 Å². The lowest BCUT2D eigenvalue weighted by atomic mass is 10.0. The Bertz CT molecular complexity index is 1090. The first-order valence-electron chi connectivity index (χ1n) is 10.7. The van der Waals surface area contributed by atoms with Gasteiger partial charge in [-0.05, 0) is 45.0 Å². The third-order valence-corrected chi connectivity index (χ3v) is 6.75. The molecule has 0 radical (unpaired) electrons. The van der Waals surface area contributed by atoms with E-state index in [4.69, 9.17) is 9.57 Å². The molecule has 7 heteroatoms. The standard InChI is InChI=1S/C24H27FN2O3S/c1-4-26(5-2)30-24(28)23-21-18-15-16(29-6-3)11-12-19(18)27(14-13-25)22(21)17-9-7-8-10-20(17)31-23/h7-12,15,23H,4-6,13-14H2,1-3H3. The van der Waals surface area contributed by atoms with Gasteiger partial charge in [0.25, 0.3) is 0 Å². The average molecular weight is 443 g/mol. The van der Waals surface area contributed by atoms with Crippen molar-refractivity contribution in [1.29, 1.82) is 0 Å². The van der Waals surface area contributed by atoms with Crippen LogP contribution in [0.1, 0.15) is 31.6 Å². The molecule has 5 nitrogen and oxygen atoms in total. The Morgan fingerprint density at radius 3 is 2.65 bits per heavy atom. The molecule has 4 rings (SSSR count). The zero-order valence-electron chi connectivity index (χ0n) is 18.1. The van der Waals surface area contributed by atoms with Crippen LogP contribution in [0.5, 0.6) is 5.75 Å². The molecule has 1 aliphatic heterocycles. The minimum atomic E-state index is -0.550. The molecule has 3 aromatic rings. The molecule has 0 bridgehead atoms. The van der Waals surface area contributed by atoms with Gasteiger partial charge in [-0.3, -0.25) is 0 Å². The molecule has 1 aliphatic rings. The third-order valence-electron chi connectivity index (χ3n) is 5.48. The first kappa shape index (κ1) is 21.7. The van der Waals surface area contributed by atoms with Crippen LogP contribution in [-0.2, 0) is 16.2 Å². The fourth-order valence-corrected chi connectivity index (χ4v) is 5.33. The quantitative estimate of drug-likeness (QED) is 0.424. The maximum atomic E-state index is 13.6. The minimum absolute atomic E-state index is 0.219. The Kier molecular flexibility index (Phi) is 6.53. The molecule has 0 spiro atoms. The van der Waals surface area contributed by atoms with Gasteiger partial charge >= 0.3 is 5.97 Å². The number of ether oxygens (including phenoxy) is 1. The van der Waals surface area contributed by atoms with Crippen LogP contribution in [-0.4, -0.2) is 42.0 Å². The Morgan fingerprint density at radius 1 is 1.16 bits per heavy atom. The van der Waals surface area contributed by atoms with Crippen LogP contribution in [0.15, 0.2) is 47.4 Å². The Labute approximate surface area is 186 Å². The highest BCUT2D eigenvalue weighted by molar-refractivity contribution is 8.00. The van der Waals surface area contributed by atoms with Crippen LogP contribution < -0.4 is 4.74 Å². The Balaban J connectivity index is 1.95. The molecule has 0 saturated heterocycles. The molecular weight excluding hydrogens is 415 g/mol. The molecule has 0 amide bonds. The van der Waals surface area contributed by atoms with Crippen LogP contribution >= 0.6 is 11.8 Å². The van der Waals surface area contributed by atoms with E-state index in [-0.39, 0.29) is 12.5 Å². The Morgan fingerprint density at radius 2 is 1.94 bits per heavy atom. The van der Waals surface area contributed by atoms with Gasteiger partial charge in [0.2, 0.25) is 0 Å². The average Bonchev–Trinajstić information content (AvgIpc) is 3.11. The highest BCUT2D eigenvalue weighted by Crippen LogP contribution is 2.53. The number of rotatable bonds is 8. The molecule has 0 aliphatic carbocycles. The van der Waals surface area contributed by atoms with Crippen LogP contribution in [0.25, 0.3) is 22.2 Å². The highest BCUT2D eigenvalue weighted by Gasteiger charge is 2.37. The largest absolute Gasteiger partial charge is 0.494 e. The van der Waals surface area contributed by atoms with Gasteiger partial charge in [0.05, 0.1) is 18.8 Å². The number of carbonyl (C=O) groups is 1. The molecule has 1 unspecified atom stereocenters. The van der Waals surface area contributed by atoms with Crippen molar-refractivity contribution in [2.75, 3.05) is 26.4 Å². The molecular formula is C24H27FN2O3S. The fraction of sp³-hybridized carbons (Fsp3) is 0.375. The third kappa shape index (κ3) is 3.92. The predicted molar refractivity (Wildman–Crippen MR) is 122 cm³/mol. The summed E-state index contributed by atoms with van der Waals surface area (Å²) >= 11 is 1.49. The number of hydrogen-bond donors (Lipinski definition) is 0.